The van der Waals surface area contributed by atoms with Gasteiger partial charge in [-0.2, -0.15) is 5.10 Å². The molecule has 0 N–H and O–H groups in total. The molecule has 1 aliphatic heterocycles. The molecule has 2 aromatic carbocycles. The van der Waals surface area contributed by atoms with E-state index in [0.717, 1.165) is 37.6 Å². The van der Waals surface area contributed by atoms with Crippen molar-refractivity contribution < 1.29 is 4.74 Å². The van der Waals surface area contributed by atoms with E-state index < -0.39 is 0 Å². The Morgan fingerprint density at radius 1 is 0.963 bits per heavy atom. The number of anilines is 1. The number of rotatable bonds is 5. The molecule has 1 fully saturated rings. The Hall–Kier alpha value is -2.64. The number of piperazine rings is 1. The SMILES string of the molecule is COc1cccc(-n2cnn(CN3CCN(c4ccccc4)CC3)c2=S)c1. The summed E-state index contributed by atoms with van der Waals surface area (Å²) in [4.78, 5) is 4.81. The highest BCUT2D eigenvalue weighted by Gasteiger charge is 2.18. The third-order valence-corrected chi connectivity index (χ3v) is 5.30. The second-order valence-corrected chi connectivity index (χ2v) is 6.93. The highest BCUT2D eigenvalue weighted by atomic mass is 32.1. The number of hydrogen-bond donors (Lipinski definition) is 0. The average Bonchev–Trinajstić information content (AvgIpc) is 3.09. The van der Waals surface area contributed by atoms with Crippen LogP contribution in [0.4, 0.5) is 5.69 Å². The Labute approximate surface area is 164 Å². The Balaban J connectivity index is 1.42. The summed E-state index contributed by atoms with van der Waals surface area (Å²) < 4.78 is 9.79. The normalized spacial score (nSPS) is 15.1. The molecule has 0 radical (unpaired) electrons. The molecule has 1 aliphatic rings. The fraction of sp³-hybridized carbons (Fsp3) is 0.300. The summed E-state index contributed by atoms with van der Waals surface area (Å²) >= 11 is 5.64. The third kappa shape index (κ3) is 3.89. The minimum absolute atomic E-state index is 0.689. The summed E-state index contributed by atoms with van der Waals surface area (Å²) in [5.74, 6) is 0.805. The first-order valence-corrected chi connectivity index (χ1v) is 9.46. The van der Waals surface area contributed by atoms with Crippen LogP contribution in [0.5, 0.6) is 5.75 Å². The fourth-order valence-electron chi connectivity index (χ4n) is 3.35. The van der Waals surface area contributed by atoms with Gasteiger partial charge in [0, 0.05) is 37.9 Å². The van der Waals surface area contributed by atoms with Crippen molar-refractivity contribution in [2.75, 3.05) is 38.2 Å². The lowest BCUT2D eigenvalue weighted by Crippen LogP contribution is -2.46. The second kappa shape index (κ2) is 7.94. The van der Waals surface area contributed by atoms with Crippen molar-refractivity contribution in [1.82, 2.24) is 19.2 Å². The predicted octanol–water partition coefficient (Wildman–Crippen LogP) is 3.19. The molecule has 0 spiro atoms. The van der Waals surface area contributed by atoms with Crippen LogP contribution in [0.25, 0.3) is 5.69 Å². The summed E-state index contributed by atoms with van der Waals surface area (Å²) in [7, 11) is 1.66. The zero-order valence-corrected chi connectivity index (χ0v) is 16.2. The lowest BCUT2D eigenvalue weighted by atomic mass is 10.2. The topological polar surface area (TPSA) is 38.5 Å². The van der Waals surface area contributed by atoms with Crippen molar-refractivity contribution in [1.29, 1.82) is 0 Å². The van der Waals surface area contributed by atoms with Gasteiger partial charge < -0.3 is 9.64 Å². The zero-order chi connectivity index (χ0) is 18.6. The van der Waals surface area contributed by atoms with Gasteiger partial charge in [-0.05, 0) is 36.5 Å². The van der Waals surface area contributed by atoms with E-state index in [4.69, 9.17) is 17.0 Å². The molecule has 0 unspecified atom stereocenters. The maximum Gasteiger partial charge on any atom is 0.203 e. The summed E-state index contributed by atoms with van der Waals surface area (Å²) in [6.07, 6.45) is 1.78. The maximum absolute atomic E-state index is 5.64. The fourth-order valence-corrected chi connectivity index (χ4v) is 3.60. The van der Waals surface area contributed by atoms with Gasteiger partial charge in [-0.15, -0.1) is 0 Å². The van der Waals surface area contributed by atoms with Crippen LogP contribution in [0.15, 0.2) is 60.9 Å². The molecular weight excluding hydrogens is 358 g/mol. The van der Waals surface area contributed by atoms with Gasteiger partial charge in [0.2, 0.25) is 4.77 Å². The van der Waals surface area contributed by atoms with Gasteiger partial charge in [-0.25, -0.2) is 4.68 Å². The van der Waals surface area contributed by atoms with Crippen LogP contribution >= 0.6 is 12.2 Å². The van der Waals surface area contributed by atoms with Crippen LogP contribution in [0, 0.1) is 4.77 Å². The summed E-state index contributed by atoms with van der Waals surface area (Å²) in [5, 5.41) is 4.50. The van der Waals surface area contributed by atoms with Crippen LogP contribution in [0.2, 0.25) is 0 Å². The molecule has 27 heavy (non-hydrogen) atoms. The first-order valence-electron chi connectivity index (χ1n) is 9.06. The molecule has 1 saturated heterocycles. The summed E-state index contributed by atoms with van der Waals surface area (Å²) in [6, 6.07) is 18.4. The summed E-state index contributed by atoms with van der Waals surface area (Å²) in [5.41, 5.74) is 2.25. The minimum Gasteiger partial charge on any atom is -0.497 e. The van der Waals surface area contributed by atoms with Gasteiger partial charge in [0.15, 0.2) is 0 Å². The predicted molar refractivity (Wildman–Crippen MR) is 109 cm³/mol. The molecule has 1 aromatic heterocycles. The molecule has 4 rings (SSSR count). The molecule has 140 valence electrons. The van der Waals surface area contributed by atoms with E-state index in [2.05, 4.69) is 45.2 Å². The lowest BCUT2D eigenvalue weighted by molar-refractivity contribution is 0.194. The van der Waals surface area contributed by atoms with Crippen molar-refractivity contribution in [2.45, 2.75) is 6.67 Å². The number of benzene rings is 2. The quantitative estimate of drug-likeness (QED) is 0.635. The molecule has 0 saturated carbocycles. The van der Waals surface area contributed by atoms with Crippen molar-refractivity contribution >= 4 is 17.9 Å². The molecule has 0 bridgehead atoms. The monoisotopic (exact) mass is 381 g/mol. The van der Waals surface area contributed by atoms with Crippen molar-refractivity contribution in [3.05, 3.63) is 65.7 Å². The average molecular weight is 382 g/mol. The largest absolute Gasteiger partial charge is 0.497 e. The Morgan fingerprint density at radius 3 is 2.44 bits per heavy atom. The van der Waals surface area contributed by atoms with Gasteiger partial charge >= 0.3 is 0 Å². The number of methoxy groups -OCH3 is 1. The van der Waals surface area contributed by atoms with Crippen LogP contribution in [0.1, 0.15) is 0 Å². The number of hydrogen-bond acceptors (Lipinski definition) is 5. The van der Waals surface area contributed by atoms with E-state index in [-0.39, 0.29) is 0 Å². The van der Waals surface area contributed by atoms with Gasteiger partial charge in [0.05, 0.1) is 19.5 Å². The Morgan fingerprint density at radius 2 is 1.70 bits per heavy atom. The molecular formula is C20H23N5OS. The van der Waals surface area contributed by atoms with E-state index in [9.17, 15) is 0 Å². The molecule has 3 aromatic rings. The van der Waals surface area contributed by atoms with Gasteiger partial charge in [0.25, 0.3) is 0 Å². The van der Waals surface area contributed by atoms with E-state index in [1.165, 1.54) is 5.69 Å². The highest BCUT2D eigenvalue weighted by Crippen LogP contribution is 2.18. The smallest absolute Gasteiger partial charge is 0.203 e. The molecule has 2 heterocycles. The van der Waals surface area contributed by atoms with E-state index in [1.807, 2.05) is 33.5 Å². The van der Waals surface area contributed by atoms with Crippen LogP contribution in [-0.2, 0) is 6.67 Å². The molecule has 7 heteroatoms. The van der Waals surface area contributed by atoms with Crippen LogP contribution < -0.4 is 9.64 Å². The zero-order valence-electron chi connectivity index (χ0n) is 15.4. The molecule has 6 nitrogen and oxygen atoms in total. The number of para-hydroxylation sites is 1. The van der Waals surface area contributed by atoms with Crippen molar-refractivity contribution in [2.24, 2.45) is 0 Å². The first-order chi connectivity index (χ1) is 13.2. The van der Waals surface area contributed by atoms with Crippen molar-refractivity contribution in [3.63, 3.8) is 0 Å². The molecule has 0 aliphatic carbocycles. The number of aromatic nitrogens is 3. The van der Waals surface area contributed by atoms with Crippen molar-refractivity contribution in [3.8, 4) is 11.4 Å². The van der Waals surface area contributed by atoms with Gasteiger partial charge in [-0.3, -0.25) is 9.47 Å². The molecule has 0 atom stereocenters. The Bertz CT molecular complexity index is 944. The Kier molecular flexibility index (Phi) is 5.22. The van der Waals surface area contributed by atoms with Gasteiger partial charge in [0.1, 0.15) is 12.1 Å². The lowest BCUT2D eigenvalue weighted by Gasteiger charge is -2.35. The minimum atomic E-state index is 0.689. The van der Waals surface area contributed by atoms with Crippen LogP contribution in [0.3, 0.4) is 0 Å². The number of nitrogens with zero attached hydrogens (tertiary/aromatic N) is 5. The standard InChI is InChI=1S/C20H23N5OS/c1-26-19-9-5-8-18(14-19)24-15-21-25(20(24)27)16-22-10-12-23(13-11-22)17-6-3-2-4-7-17/h2-9,14-15H,10-13,16H2,1H3. The summed E-state index contributed by atoms with van der Waals surface area (Å²) in [6.45, 7) is 4.70. The van der Waals surface area contributed by atoms with Gasteiger partial charge in [-0.1, -0.05) is 24.3 Å². The molecule has 0 amide bonds. The number of ether oxygens (including phenoxy) is 1. The van der Waals surface area contributed by atoms with E-state index in [1.54, 1.807) is 13.4 Å². The van der Waals surface area contributed by atoms with E-state index >= 15 is 0 Å². The second-order valence-electron chi connectivity index (χ2n) is 6.57. The maximum atomic E-state index is 5.64. The first kappa shape index (κ1) is 17.8. The van der Waals surface area contributed by atoms with Crippen LogP contribution in [-0.4, -0.2) is 52.5 Å². The highest BCUT2D eigenvalue weighted by molar-refractivity contribution is 7.71. The van der Waals surface area contributed by atoms with E-state index in [0.29, 0.717) is 11.4 Å². The third-order valence-electron chi connectivity index (χ3n) is 4.89.